The van der Waals surface area contributed by atoms with Gasteiger partial charge < -0.3 is 5.11 Å². The molecule has 1 unspecified atom stereocenters. The minimum absolute atomic E-state index is 0.120. The Kier molecular flexibility index (Phi) is 3.18. The van der Waals surface area contributed by atoms with Gasteiger partial charge in [-0.1, -0.05) is 0 Å². The van der Waals surface area contributed by atoms with Crippen LogP contribution in [0.3, 0.4) is 0 Å². The van der Waals surface area contributed by atoms with Gasteiger partial charge in [0.15, 0.2) is 0 Å². The average molecular weight is 264 g/mol. The molecule has 0 heterocycles. The van der Waals surface area contributed by atoms with Crippen LogP contribution < -0.4 is 5.14 Å². The number of carboxylic acids is 1. The van der Waals surface area contributed by atoms with E-state index in [1.807, 2.05) is 0 Å². The summed E-state index contributed by atoms with van der Waals surface area (Å²) >= 11 is 3.05. The lowest BCUT2D eigenvalue weighted by Gasteiger charge is -2.00. The molecule has 0 fully saturated rings. The molecule has 70 valence electrons. The summed E-state index contributed by atoms with van der Waals surface area (Å²) in [5.74, 6) is -1.04. The maximum absolute atomic E-state index is 10.8. The number of carbonyl (C=O) groups is 1. The summed E-state index contributed by atoms with van der Waals surface area (Å²) < 4.78 is 11.2. The van der Waals surface area contributed by atoms with E-state index in [0.717, 1.165) is 0 Å². The van der Waals surface area contributed by atoms with Crippen molar-refractivity contribution in [2.45, 2.75) is 4.90 Å². The standard InChI is InChI=1S/C7H6BrNO3S/c8-6-3-4(13(9)12)1-2-5(6)7(10)11/h1-3H,9H2,(H,10,11). The zero-order valence-corrected chi connectivity index (χ0v) is 8.76. The lowest BCUT2D eigenvalue weighted by atomic mass is 10.2. The number of benzene rings is 1. The quantitative estimate of drug-likeness (QED) is 0.840. The molecule has 1 aromatic carbocycles. The zero-order valence-electron chi connectivity index (χ0n) is 6.36. The van der Waals surface area contributed by atoms with Crippen LogP contribution in [0.4, 0.5) is 0 Å². The Morgan fingerprint density at radius 2 is 2.15 bits per heavy atom. The van der Waals surface area contributed by atoms with Gasteiger partial charge in [0.1, 0.15) is 11.0 Å². The van der Waals surface area contributed by atoms with Crippen LogP contribution >= 0.6 is 15.9 Å². The molecule has 0 aliphatic carbocycles. The predicted molar refractivity (Wildman–Crippen MR) is 51.7 cm³/mol. The van der Waals surface area contributed by atoms with Crippen LogP contribution in [0.5, 0.6) is 0 Å². The first-order valence-electron chi connectivity index (χ1n) is 3.21. The van der Waals surface area contributed by atoms with Gasteiger partial charge in [0.2, 0.25) is 0 Å². The minimum atomic E-state index is -1.58. The Bertz CT molecular complexity index is 380. The zero-order chi connectivity index (χ0) is 10.0. The number of carboxylic acid groups (broad SMARTS) is 1. The number of hydrogen-bond acceptors (Lipinski definition) is 2. The van der Waals surface area contributed by atoms with Crippen LogP contribution in [-0.2, 0) is 11.0 Å². The van der Waals surface area contributed by atoms with Crippen LogP contribution in [-0.4, -0.2) is 15.3 Å². The second-order valence-electron chi connectivity index (χ2n) is 2.24. The van der Waals surface area contributed by atoms with Crippen molar-refractivity contribution in [3.63, 3.8) is 0 Å². The van der Waals surface area contributed by atoms with E-state index in [1.54, 1.807) is 0 Å². The maximum Gasteiger partial charge on any atom is 0.336 e. The molecule has 0 saturated heterocycles. The fourth-order valence-electron chi connectivity index (χ4n) is 0.794. The molecule has 4 nitrogen and oxygen atoms in total. The molecule has 0 spiro atoms. The number of halogens is 1. The SMILES string of the molecule is NS(=O)c1ccc(C(=O)O)c(Br)c1. The van der Waals surface area contributed by atoms with Crippen molar-refractivity contribution in [1.29, 1.82) is 0 Å². The number of aromatic carboxylic acids is 1. The van der Waals surface area contributed by atoms with Gasteiger partial charge in [-0.05, 0) is 34.1 Å². The second kappa shape index (κ2) is 3.99. The van der Waals surface area contributed by atoms with Crippen molar-refractivity contribution >= 4 is 32.9 Å². The molecular formula is C7H6BrNO3S. The summed E-state index contributed by atoms with van der Waals surface area (Å²) in [4.78, 5) is 11.0. The van der Waals surface area contributed by atoms with Gasteiger partial charge >= 0.3 is 5.97 Å². The van der Waals surface area contributed by atoms with Crippen LogP contribution in [0.25, 0.3) is 0 Å². The Morgan fingerprint density at radius 3 is 2.54 bits per heavy atom. The Labute approximate surface area is 85.5 Å². The highest BCUT2D eigenvalue weighted by Crippen LogP contribution is 2.19. The average Bonchev–Trinajstić information content (AvgIpc) is 2.03. The normalized spacial score (nSPS) is 12.5. The highest BCUT2D eigenvalue weighted by molar-refractivity contribution is 9.10. The molecule has 1 rings (SSSR count). The molecule has 3 N–H and O–H groups in total. The van der Waals surface area contributed by atoms with E-state index in [4.69, 9.17) is 10.2 Å². The van der Waals surface area contributed by atoms with Crippen LogP contribution in [0.1, 0.15) is 10.4 Å². The molecule has 0 amide bonds. The van der Waals surface area contributed by atoms with Gasteiger partial charge in [-0.2, -0.15) is 0 Å². The minimum Gasteiger partial charge on any atom is -0.478 e. The van der Waals surface area contributed by atoms with E-state index < -0.39 is 17.0 Å². The fourth-order valence-corrected chi connectivity index (χ4v) is 1.93. The van der Waals surface area contributed by atoms with E-state index in [0.29, 0.717) is 9.37 Å². The molecule has 6 heteroatoms. The van der Waals surface area contributed by atoms with Crippen molar-refractivity contribution in [2.24, 2.45) is 5.14 Å². The summed E-state index contributed by atoms with van der Waals surface area (Å²) in [6, 6.07) is 4.20. The predicted octanol–water partition coefficient (Wildman–Crippen LogP) is 1.13. The molecule has 0 aromatic heterocycles. The van der Waals surface area contributed by atoms with Gasteiger partial charge in [0, 0.05) is 4.47 Å². The highest BCUT2D eigenvalue weighted by Gasteiger charge is 2.09. The van der Waals surface area contributed by atoms with Crippen LogP contribution in [0, 0.1) is 0 Å². The van der Waals surface area contributed by atoms with Gasteiger partial charge in [-0.25, -0.2) is 14.1 Å². The van der Waals surface area contributed by atoms with E-state index in [-0.39, 0.29) is 5.56 Å². The first-order chi connectivity index (χ1) is 6.02. The van der Waals surface area contributed by atoms with Crippen molar-refractivity contribution in [2.75, 3.05) is 0 Å². The Hall–Kier alpha value is -0.720. The molecule has 0 aliphatic heterocycles. The molecule has 0 aliphatic rings. The third-order valence-electron chi connectivity index (χ3n) is 1.40. The molecular weight excluding hydrogens is 258 g/mol. The Balaban J connectivity index is 3.20. The maximum atomic E-state index is 10.8. The molecule has 0 saturated carbocycles. The van der Waals surface area contributed by atoms with Crippen molar-refractivity contribution in [3.05, 3.63) is 28.2 Å². The van der Waals surface area contributed by atoms with Gasteiger partial charge in [0.05, 0.1) is 10.5 Å². The molecule has 1 aromatic rings. The Morgan fingerprint density at radius 1 is 1.54 bits per heavy atom. The lowest BCUT2D eigenvalue weighted by molar-refractivity contribution is 0.0696. The largest absolute Gasteiger partial charge is 0.478 e. The fraction of sp³-hybridized carbons (Fsp3) is 0. The van der Waals surface area contributed by atoms with E-state index in [2.05, 4.69) is 15.9 Å². The topological polar surface area (TPSA) is 80.4 Å². The summed E-state index contributed by atoms with van der Waals surface area (Å²) in [5, 5.41) is 13.8. The monoisotopic (exact) mass is 263 g/mol. The lowest BCUT2D eigenvalue weighted by Crippen LogP contribution is -2.04. The molecule has 13 heavy (non-hydrogen) atoms. The third-order valence-corrected chi connectivity index (χ3v) is 2.78. The summed E-state index contributed by atoms with van der Waals surface area (Å²) in [6.07, 6.45) is 0. The molecule has 0 radical (unpaired) electrons. The molecule has 1 atom stereocenters. The summed E-state index contributed by atoms with van der Waals surface area (Å²) in [6.45, 7) is 0. The summed E-state index contributed by atoms with van der Waals surface area (Å²) in [5.41, 5.74) is 0.120. The number of nitrogens with two attached hydrogens (primary N) is 1. The van der Waals surface area contributed by atoms with Crippen LogP contribution in [0.2, 0.25) is 0 Å². The van der Waals surface area contributed by atoms with Gasteiger partial charge in [0.25, 0.3) is 0 Å². The van der Waals surface area contributed by atoms with E-state index >= 15 is 0 Å². The second-order valence-corrected chi connectivity index (χ2v) is 4.16. The van der Waals surface area contributed by atoms with Crippen LogP contribution in [0.15, 0.2) is 27.6 Å². The first kappa shape index (κ1) is 10.4. The number of hydrogen-bond donors (Lipinski definition) is 2. The van der Waals surface area contributed by atoms with E-state index in [9.17, 15) is 9.00 Å². The molecule has 0 bridgehead atoms. The van der Waals surface area contributed by atoms with Crippen molar-refractivity contribution < 1.29 is 14.1 Å². The van der Waals surface area contributed by atoms with Gasteiger partial charge in [-0.3, -0.25) is 0 Å². The van der Waals surface area contributed by atoms with E-state index in [1.165, 1.54) is 18.2 Å². The third kappa shape index (κ3) is 2.36. The first-order valence-corrected chi connectivity index (χ1v) is 5.22. The summed E-state index contributed by atoms with van der Waals surface area (Å²) in [7, 11) is -1.58. The number of rotatable bonds is 2. The smallest absolute Gasteiger partial charge is 0.336 e. The van der Waals surface area contributed by atoms with Crippen molar-refractivity contribution in [3.8, 4) is 0 Å². The van der Waals surface area contributed by atoms with Gasteiger partial charge in [-0.15, -0.1) is 0 Å². The van der Waals surface area contributed by atoms with Crippen molar-refractivity contribution in [1.82, 2.24) is 0 Å². The highest BCUT2D eigenvalue weighted by atomic mass is 79.9.